The van der Waals surface area contributed by atoms with Crippen LogP contribution in [0, 0.1) is 0 Å². The molecule has 12 heteroatoms. The van der Waals surface area contributed by atoms with E-state index in [1.54, 1.807) is 24.3 Å². The van der Waals surface area contributed by atoms with Crippen LogP contribution in [-0.4, -0.2) is 91.1 Å². The summed E-state index contributed by atoms with van der Waals surface area (Å²) in [5.41, 5.74) is 3.02. The fraction of sp³-hybridized carbons (Fsp3) is 0.379. The first-order valence-electron chi connectivity index (χ1n) is 13.4. The average molecular weight is 565 g/mol. The van der Waals surface area contributed by atoms with E-state index in [1.165, 1.54) is 12.0 Å². The second-order valence-electron chi connectivity index (χ2n) is 10.0. The number of hydrogen-bond donors (Lipinski definition) is 1. The van der Waals surface area contributed by atoms with Crippen LogP contribution in [0.5, 0.6) is 0 Å². The van der Waals surface area contributed by atoms with Crippen LogP contribution in [-0.2, 0) is 27.4 Å². The number of fused-ring (bicyclic) bond motifs is 1. The van der Waals surface area contributed by atoms with Gasteiger partial charge in [0.05, 0.1) is 18.8 Å². The molecule has 1 aromatic heterocycles. The quantitative estimate of drug-likeness (QED) is 0.445. The van der Waals surface area contributed by atoms with Gasteiger partial charge in [0.15, 0.2) is 11.9 Å². The van der Waals surface area contributed by atoms with Gasteiger partial charge in [-0.1, -0.05) is 30.3 Å². The molecule has 1 N–H and O–H groups in total. The van der Waals surface area contributed by atoms with Crippen molar-refractivity contribution in [1.82, 2.24) is 19.6 Å². The number of alkyl halides is 1. The van der Waals surface area contributed by atoms with Crippen molar-refractivity contribution in [2.75, 3.05) is 63.8 Å². The predicted octanol–water partition coefficient (Wildman–Crippen LogP) is 3.07. The fourth-order valence-corrected chi connectivity index (χ4v) is 5.08. The molecule has 1 atom stereocenters. The Morgan fingerprint density at radius 1 is 1.00 bits per heavy atom. The second-order valence-corrected chi connectivity index (χ2v) is 10.0. The molecule has 3 heterocycles. The lowest BCUT2D eigenvalue weighted by Gasteiger charge is -2.34. The zero-order chi connectivity index (χ0) is 28.9. The SMILES string of the molecule is CO[C@@H](C(=O)N1Cc2c(NC(=O)c3ccc(N4CCN(C)CC4)cc3)nn(C(=O)OCCF)c2C1)c1ccccc1. The van der Waals surface area contributed by atoms with Crippen molar-refractivity contribution < 1.29 is 28.2 Å². The van der Waals surface area contributed by atoms with Crippen LogP contribution >= 0.6 is 0 Å². The summed E-state index contributed by atoms with van der Waals surface area (Å²) in [4.78, 5) is 45.4. The summed E-state index contributed by atoms with van der Waals surface area (Å²) in [5.74, 6) is -0.590. The monoisotopic (exact) mass is 564 g/mol. The van der Waals surface area contributed by atoms with E-state index in [4.69, 9.17) is 9.47 Å². The number of carbonyl (C=O) groups is 3. The highest BCUT2D eigenvalue weighted by Gasteiger charge is 2.36. The van der Waals surface area contributed by atoms with E-state index >= 15 is 0 Å². The number of anilines is 2. The number of nitrogens with zero attached hydrogens (tertiary/aromatic N) is 5. The van der Waals surface area contributed by atoms with E-state index in [2.05, 4.69) is 27.3 Å². The molecule has 216 valence electrons. The van der Waals surface area contributed by atoms with Gasteiger partial charge in [0.25, 0.3) is 11.8 Å². The van der Waals surface area contributed by atoms with Crippen LogP contribution in [0.15, 0.2) is 54.6 Å². The van der Waals surface area contributed by atoms with Crippen molar-refractivity contribution >= 4 is 29.4 Å². The van der Waals surface area contributed by atoms with Gasteiger partial charge in [0.1, 0.15) is 13.3 Å². The van der Waals surface area contributed by atoms with Gasteiger partial charge in [0, 0.05) is 50.1 Å². The Morgan fingerprint density at radius 2 is 1.71 bits per heavy atom. The van der Waals surface area contributed by atoms with Gasteiger partial charge in [-0.25, -0.2) is 9.18 Å². The Labute approximate surface area is 237 Å². The molecule has 0 spiro atoms. The standard InChI is InChI=1S/C29H33FN6O5/c1-33-13-15-34(16-14-33)22-10-8-21(9-11-22)27(37)31-26-23-18-35(19-24(23)36(32-26)29(39)41-17-12-30)28(38)25(40-2)20-6-4-3-5-7-20/h3-11,25H,12-19H2,1-2H3,(H,31,32,37)/t25-/m1/s1. The Kier molecular flexibility index (Phi) is 8.60. The summed E-state index contributed by atoms with van der Waals surface area (Å²) in [6, 6.07) is 16.4. The minimum Gasteiger partial charge on any atom is -0.445 e. The highest BCUT2D eigenvalue weighted by Crippen LogP contribution is 2.32. The Balaban J connectivity index is 1.35. The first-order valence-corrected chi connectivity index (χ1v) is 13.4. The molecule has 2 amide bonds. The Morgan fingerprint density at radius 3 is 2.37 bits per heavy atom. The molecule has 11 nitrogen and oxygen atoms in total. The number of halogens is 1. The third-order valence-corrected chi connectivity index (χ3v) is 7.36. The van der Waals surface area contributed by atoms with Gasteiger partial charge in [-0.3, -0.25) is 9.59 Å². The van der Waals surface area contributed by atoms with Crippen molar-refractivity contribution in [3.63, 3.8) is 0 Å². The maximum absolute atomic E-state index is 13.4. The first kappa shape index (κ1) is 28.2. The molecule has 3 aromatic rings. The van der Waals surface area contributed by atoms with Gasteiger partial charge in [-0.2, -0.15) is 4.68 Å². The molecule has 1 saturated heterocycles. The molecule has 0 aliphatic carbocycles. The summed E-state index contributed by atoms with van der Waals surface area (Å²) >= 11 is 0. The molecule has 5 rings (SSSR count). The van der Waals surface area contributed by atoms with E-state index in [1.807, 2.05) is 30.3 Å². The normalized spacial score (nSPS) is 15.9. The number of piperazine rings is 1. The van der Waals surface area contributed by atoms with Crippen LogP contribution in [0.25, 0.3) is 0 Å². The molecule has 2 aromatic carbocycles. The lowest BCUT2D eigenvalue weighted by Crippen LogP contribution is -2.44. The number of amides is 2. The molecular weight excluding hydrogens is 531 g/mol. The third kappa shape index (κ3) is 6.08. The fourth-order valence-electron chi connectivity index (χ4n) is 5.08. The lowest BCUT2D eigenvalue weighted by atomic mass is 10.1. The third-order valence-electron chi connectivity index (χ3n) is 7.36. The van der Waals surface area contributed by atoms with E-state index in [-0.39, 0.29) is 24.8 Å². The summed E-state index contributed by atoms with van der Waals surface area (Å²) in [5, 5.41) is 7.06. The van der Waals surface area contributed by atoms with Crippen LogP contribution in [0.1, 0.15) is 33.3 Å². The number of carbonyl (C=O) groups excluding carboxylic acids is 3. The number of methoxy groups -OCH3 is 1. The van der Waals surface area contributed by atoms with E-state index in [0.29, 0.717) is 22.4 Å². The van der Waals surface area contributed by atoms with Gasteiger partial charge >= 0.3 is 6.09 Å². The first-order chi connectivity index (χ1) is 19.9. The van der Waals surface area contributed by atoms with Crippen molar-refractivity contribution in [3.05, 3.63) is 77.0 Å². The zero-order valence-corrected chi connectivity index (χ0v) is 23.1. The lowest BCUT2D eigenvalue weighted by molar-refractivity contribution is -0.143. The van der Waals surface area contributed by atoms with E-state index in [0.717, 1.165) is 36.5 Å². The maximum Gasteiger partial charge on any atom is 0.435 e. The van der Waals surface area contributed by atoms with Crippen molar-refractivity contribution in [2.24, 2.45) is 0 Å². The smallest absolute Gasteiger partial charge is 0.435 e. The molecule has 0 bridgehead atoms. The predicted molar refractivity (Wildman–Crippen MR) is 149 cm³/mol. The number of rotatable bonds is 8. The zero-order valence-electron chi connectivity index (χ0n) is 23.1. The largest absolute Gasteiger partial charge is 0.445 e. The van der Waals surface area contributed by atoms with Gasteiger partial charge in [0.2, 0.25) is 0 Å². The minimum atomic E-state index is -0.892. The van der Waals surface area contributed by atoms with Gasteiger partial charge in [-0.05, 0) is 36.9 Å². The van der Waals surface area contributed by atoms with E-state index < -0.39 is 31.4 Å². The molecule has 0 unspecified atom stereocenters. The number of aromatic nitrogens is 2. The molecule has 0 radical (unpaired) electrons. The molecule has 2 aliphatic rings. The minimum absolute atomic E-state index is 0.0359. The second kappa shape index (κ2) is 12.5. The number of ether oxygens (including phenoxy) is 2. The van der Waals surface area contributed by atoms with E-state index in [9.17, 15) is 18.8 Å². The van der Waals surface area contributed by atoms with Crippen LogP contribution in [0.3, 0.4) is 0 Å². The number of likely N-dealkylation sites (N-methyl/N-ethyl adjacent to an activating group) is 1. The Bertz CT molecular complexity index is 1390. The molecule has 0 saturated carbocycles. The summed E-state index contributed by atoms with van der Waals surface area (Å²) in [7, 11) is 3.55. The summed E-state index contributed by atoms with van der Waals surface area (Å²) < 4.78 is 24.1. The van der Waals surface area contributed by atoms with Crippen molar-refractivity contribution in [2.45, 2.75) is 19.2 Å². The number of nitrogens with one attached hydrogen (secondary N) is 1. The number of hydrogen-bond acceptors (Lipinski definition) is 8. The van der Waals surface area contributed by atoms with Crippen molar-refractivity contribution in [3.8, 4) is 0 Å². The topological polar surface area (TPSA) is 109 Å². The number of benzene rings is 2. The van der Waals surface area contributed by atoms with Crippen molar-refractivity contribution in [1.29, 1.82) is 0 Å². The van der Waals surface area contributed by atoms with Gasteiger partial charge < -0.3 is 29.5 Å². The Hall–Kier alpha value is -4.29. The van der Waals surface area contributed by atoms with Crippen LogP contribution in [0.2, 0.25) is 0 Å². The summed E-state index contributed by atoms with van der Waals surface area (Å²) in [6.07, 6.45) is -1.74. The summed E-state index contributed by atoms with van der Waals surface area (Å²) in [6.45, 7) is 2.61. The molecule has 2 aliphatic heterocycles. The highest BCUT2D eigenvalue weighted by atomic mass is 19.1. The molecule has 41 heavy (non-hydrogen) atoms. The van der Waals surface area contributed by atoms with Gasteiger partial charge in [-0.15, -0.1) is 5.10 Å². The maximum atomic E-state index is 13.4. The van der Waals surface area contributed by atoms with Crippen LogP contribution in [0.4, 0.5) is 20.7 Å². The average Bonchev–Trinajstić information content (AvgIpc) is 3.58. The van der Waals surface area contributed by atoms with Crippen LogP contribution < -0.4 is 10.2 Å². The highest BCUT2D eigenvalue weighted by molar-refractivity contribution is 6.04. The molecular formula is C29H33FN6O5. The molecule has 1 fully saturated rings.